The van der Waals surface area contributed by atoms with Crippen molar-refractivity contribution in [3.63, 3.8) is 0 Å². The Kier molecular flexibility index (Phi) is 5.39. The number of anilines is 3. The lowest BCUT2D eigenvalue weighted by Gasteiger charge is -2.20. The Morgan fingerprint density at radius 3 is 2.54 bits per heavy atom. The van der Waals surface area contributed by atoms with Crippen LogP contribution >= 0.6 is 11.3 Å². The lowest BCUT2D eigenvalue weighted by atomic mass is 10.2. The predicted molar refractivity (Wildman–Crippen MR) is 102 cm³/mol. The zero-order chi connectivity index (χ0) is 17.9. The topological polar surface area (TPSA) is 76.4 Å². The molecule has 130 valence electrons. The molecule has 24 heavy (non-hydrogen) atoms. The first kappa shape index (κ1) is 18.1. The average molecular weight is 347 g/mol. The van der Waals surface area contributed by atoms with Gasteiger partial charge in [0, 0.05) is 22.0 Å². The number of hydrogen-bond donors (Lipinski definition) is 3. The lowest BCUT2D eigenvalue weighted by molar-refractivity contribution is 0.0636. The summed E-state index contributed by atoms with van der Waals surface area (Å²) in [4.78, 5) is 14.4. The fourth-order valence-electron chi connectivity index (χ4n) is 2.13. The number of hydrogen-bond acceptors (Lipinski definition) is 5. The third kappa shape index (κ3) is 5.16. The average Bonchev–Trinajstić information content (AvgIpc) is 2.76. The van der Waals surface area contributed by atoms with E-state index >= 15 is 0 Å². The van der Waals surface area contributed by atoms with Crippen molar-refractivity contribution in [3.8, 4) is 0 Å². The number of ether oxygens (including phenoxy) is 1. The first-order valence-corrected chi connectivity index (χ1v) is 8.65. The van der Waals surface area contributed by atoms with Crippen LogP contribution in [0.25, 0.3) is 0 Å². The van der Waals surface area contributed by atoms with Crippen LogP contribution in [0.5, 0.6) is 0 Å². The van der Waals surface area contributed by atoms with Gasteiger partial charge in [0.2, 0.25) is 0 Å². The SMILES string of the molecule is Cc1cc(CNc2cc(NC(=O)OC(C)(C)C)ccc2N)sc1C. The van der Waals surface area contributed by atoms with E-state index in [2.05, 4.69) is 30.5 Å². The molecule has 0 bridgehead atoms. The smallest absolute Gasteiger partial charge is 0.412 e. The highest BCUT2D eigenvalue weighted by molar-refractivity contribution is 7.12. The molecule has 0 spiro atoms. The van der Waals surface area contributed by atoms with Gasteiger partial charge in [-0.25, -0.2) is 4.79 Å². The summed E-state index contributed by atoms with van der Waals surface area (Å²) in [5.74, 6) is 0. The van der Waals surface area contributed by atoms with Crippen molar-refractivity contribution < 1.29 is 9.53 Å². The van der Waals surface area contributed by atoms with Crippen molar-refractivity contribution in [2.45, 2.75) is 46.8 Å². The van der Waals surface area contributed by atoms with E-state index in [1.165, 1.54) is 15.3 Å². The van der Waals surface area contributed by atoms with Crippen LogP contribution in [0.15, 0.2) is 24.3 Å². The summed E-state index contributed by atoms with van der Waals surface area (Å²) in [7, 11) is 0. The largest absolute Gasteiger partial charge is 0.444 e. The van der Waals surface area contributed by atoms with Gasteiger partial charge in [-0.05, 0) is 64.4 Å². The highest BCUT2D eigenvalue weighted by Crippen LogP contribution is 2.26. The molecule has 1 amide bonds. The van der Waals surface area contributed by atoms with Gasteiger partial charge in [-0.2, -0.15) is 0 Å². The van der Waals surface area contributed by atoms with Crippen molar-refractivity contribution in [2.75, 3.05) is 16.4 Å². The minimum atomic E-state index is -0.534. The number of rotatable bonds is 4. The molecule has 0 radical (unpaired) electrons. The molecule has 0 aliphatic rings. The number of nitrogens with one attached hydrogen (secondary N) is 2. The minimum absolute atomic E-state index is 0.484. The molecule has 5 nitrogen and oxygen atoms in total. The fraction of sp³-hybridized carbons (Fsp3) is 0.389. The van der Waals surface area contributed by atoms with Gasteiger partial charge in [0.25, 0.3) is 0 Å². The normalized spacial score (nSPS) is 11.2. The molecule has 2 rings (SSSR count). The molecule has 1 aromatic heterocycles. The minimum Gasteiger partial charge on any atom is -0.444 e. The van der Waals surface area contributed by atoms with Crippen molar-refractivity contribution in [1.82, 2.24) is 0 Å². The maximum absolute atomic E-state index is 11.9. The molecule has 4 N–H and O–H groups in total. The van der Waals surface area contributed by atoms with Gasteiger partial charge in [0.1, 0.15) is 5.60 Å². The number of thiophene rings is 1. The molecule has 2 aromatic rings. The lowest BCUT2D eigenvalue weighted by Crippen LogP contribution is -2.27. The quantitative estimate of drug-likeness (QED) is 0.687. The fourth-order valence-corrected chi connectivity index (χ4v) is 3.12. The summed E-state index contributed by atoms with van der Waals surface area (Å²) < 4.78 is 5.26. The molecule has 1 aromatic carbocycles. The maximum atomic E-state index is 11.9. The van der Waals surface area contributed by atoms with Crippen LogP contribution in [0.2, 0.25) is 0 Å². The van der Waals surface area contributed by atoms with Gasteiger partial charge < -0.3 is 15.8 Å². The summed E-state index contributed by atoms with van der Waals surface area (Å²) in [5.41, 5.74) is 8.84. The number of nitrogen functional groups attached to an aromatic ring is 1. The van der Waals surface area contributed by atoms with E-state index in [4.69, 9.17) is 10.5 Å². The first-order valence-electron chi connectivity index (χ1n) is 7.83. The third-order valence-electron chi connectivity index (χ3n) is 3.37. The zero-order valence-electron chi connectivity index (χ0n) is 14.8. The van der Waals surface area contributed by atoms with Crippen LogP contribution in [0.1, 0.15) is 36.1 Å². The number of amides is 1. The molecule has 0 saturated heterocycles. The van der Waals surface area contributed by atoms with Gasteiger partial charge in [-0.1, -0.05) is 0 Å². The first-order chi connectivity index (χ1) is 11.1. The Morgan fingerprint density at radius 2 is 1.96 bits per heavy atom. The molecular formula is C18H25N3O2S. The van der Waals surface area contributed by atoms with E-state index in [0.717, 1.165) is 5.69 Å². The second-order valence-corrected chi connectivity index (χ2v) is 8.08. The highest BCUT2D eigenvalue weighted by atomic mass is 32.1. The molecule has 0 saturated carbocycles. The molecular weight excluding hydrogens is 322 g/mol. The standard InChI is InChI=1S/C18H25N3O2S/c1-11-8-14(24-12(11)2)10-20-16-9-13(6-7-15(16)19)21-17(22)23-18(3,4)5/h6-9,20H,10,19H2,1-5H3,(H,21,22). The van der Waals surface area contributed by atoms with Gasteiger partial charge in [0.05, 0.1) is 11.4 Å². The predicted octanol–water partition coefficient (Wildman–Crippen LogP) is 4.91. The van der Waals surface area contributed by atoms with Crippen molar-refractivity contribution >= 4 is 34.5 Å². The van der Waals surface area contributed by atoms with Crippen LogP contribution in [-0.2, 0) is 11.3 Å². The van der Waals surface area contributed by atoms with Gasteiger partial charge >= 0.3 is 6.09 Å². The van der Waals surface area contributed by atoms with Crippen molar-refractivity contribution in [1.29, 1.82) is 0 Å². The molecule has 0 aliphatic heterocycles. The second kappa shape index (κ2) is 7.13. The molecule has 1 heterocycles. The Morgan fingerprint density at radius 1 is 1.25 bits per heavy atom. The van der Waals surface area contributed by atoms with E-state index in [-0.39, 0.29) is 0 Å². The highest BCUT2D eigenvalue weighted by Gasteiger charge is 2.16. The van der Waals surface area contributed by atoms with E-state index in [1.54, 1.807) is 23.5 Å². The van der Waals surface area contributed by atoms with E-state index < -0.39 is 11.7 Å². The molecule has 0 atom stereocenters. The van der Waals surface area contributed by atoms with Gasteiger partial charge in [-0.3, -0.25) is 5.32 Å². The molecule has 0 unspecified atom stereocenters. The molecule has 0 aliphatic carbocycles. The summed E-state index contributed by atoms with van der Waals surface area (Å²) in [6.07, 6.45) is -0.484. The number of aryl methyl sites for hydroxylation is 2. The zero-order valence-corrected chi connectivity index (χ0v) is 15.6. The number of nitrogens with two attached hydrogens (primary N) is 1. The monoisotopic (exact) mass is 347 g/mol. The summed E-state index contributed by atoms with van der Waals surface area (Å²) in [5, 5.41) is 6.05. The second-order valence-electron chi connectivity index (χ2n) is 6.73. The Labute approximate surface area is 147 Å². The number of carbonyl (C=O) groups excluding carboxylic acids is 1. The molecule has 0 fully saturated rings. The number of carbonyl (C=O) groups is 1. The Hall–Kier alpha value is -2.21. The molecule has 6 heteroatoms. The van der Waals surface area contributed by atoms with Crippen LogP contribution in [0.4, 0.5) is 21.9 Å². The Balaban J connectivity index is 2.04. The summed E-state index contributed by atoms with van der Waals surface area (Å²) in [6, 6.07) is 7.50. The summed E-state index contributed by atoms with van der Waals surface area (Å²) >= 11 is 1.77. The van der Waals surface area contributed by atoms with Crippen LogP contribution in [0, 0.1) is 13.8 Å². The van der Waals surface area contributed by atoms with Gasteiger partial charge in [-0.15, -0.1) is 11.3 Å². The van der Waals surface area contributed by atoms with Crippen molar-refractivity contribution in [2.24, 2.45) is 0 Å². The van der Waals surface area contributed by atoms with Crippen LogP contribution < -0.4 is 16.4 Å². The van der Waals surface area contributed by atoms with Crippen LogP contribution in [-0.4, -0.2) is 11.7 Å². The maximum Gasteiger partial charge on any atom is 0.412 e. The van der Waals surface area contributed by atoms with E-state index in [1.807, 2.05) is 26.8 Å². The number of benzene rings is 1. The Bertz CT molecular complexity index is 713. The van der Waals surface area contributed by atoms with Gasteiger partial charge in [0.15, 0.2) is 0 Å². The van der Waals surface area contributed by atoms with Crippen LogP contribution in [0.3, 0.4) is 0 Å². The van der Waals surface area contributed by atoms with E-state index in [0.29, 0.717) is 17.9 Å². The summed E-state index contributed by atoms with van der Waals surface area (Å²) in [6.45, 7) is 10.4. The van der Waals surface area contributed by atoms with Crippen molar-refractivity contribution in [3.05, 3.63) is 39.6 Å². The third-order valence-corrected chi connectivity index (χ3v) is 4.52. The van der Waals surface area contributed by atoms with E-state index in [9.17, 15) is 4.79 Å².